The lowest BCUT2D eigenvalue weighted by atomic mass is 9.95. The van der Waals surface area contributed by atoms with Gasteiger partial charge in [-0.05, 0) is 39.4 Å². The number of methoxy groups -OCH3 is 1. The number of likely N-dealkylation sites (N-methyl/N-ethyl adjacent to an activating group) is 1. The minimum absolute atomic E-state index is 0.140. The second-order valence-corrected chi connectivity index (χ2v) is 5.14. The average Bonchev–Trinajstić information content (AvgIpc) is 2.64. The van der Waals surface area contributed by atoms with Gasteiger partial charge in [0.2, 0.25) is 0 Å². The van der Waals surface area contributed by atoms with Gasteiger partial charge in [-0.3, -0.25) is 0 Å². The molecule has 94 valence electrons. The molecule has 0 radical (unpaired) electrons. The molecule has 0 saturated carbocycles. The summed E-state index contributed by atoms with van der Waals surface area (Å²) in [6, 6.07) is 8.84. The van der Waals surface area contributed by atoms with Gasteiger partial charge < -0.3 is 15.0 Å². The lowest BCUT2D eigenvalue weighted by Gasteiger charge is -2.37. The van der Waals surface area contributed by atoms with Crippen molar-refractivity contribution in [3.8, 4) is 5.75 Å². The number of anilines is 1. The molecule has 3 heteroatoms. The normalized spacial score (nSPS) is 22.8. The summed E-state index contributed by atoms with van der Waals surface area (Å²) >= 11 is 0. The molecule has 1 atom stereocenters. The monoisotopic (exact) mass is 234 g/mol. The zero-order valence-corrected chi connectivity index (χ0v) is 11.2. The fourth-order valence-electron chi connectivity index (χ4n) is 2.83. The smallest absolute Gasteiger partial charge is 0.120 e. The molecule has 0 aliphatic carbocycles. The molecule has 1 aromatic carbocycles. The minimum atomic E-state index is 0.140. The van der Waals surface area contributed by atoms with Gasteiger partial charge in [-0.15, -0.1) is 0 Å². The Hall–Kier alpha value is -1.22. The second-order valence-electron chi connectivity index (χ2n) is 5.14. The van der Waals surface area contributed by atoms with Crippen LogP contribution in [0.25, 0.3) is 0 Å². The number of hydrogen-bond donors (Lipinski definition) is 1. The highest BCUT2D eigenvalue weighted by Crippen LogP contribution is 2.35. The highest BCUT2D eigenvalue weighted by Gasteiger charge is 2.40. The van der Waals surface area contributed by atoms with Gasteiger partial charge >= 0.3 is 0 Å². The third kappa shape index (κ3) is 2.12. The van der Waals surface area contributed by atoms with E-state index in [2.05, 4.69) is 42.3 Å². The molecule has 1 aliphatic rings. The van der Waals surface area contributed by atoms with E-state index in [-0.39, 0.29) is 5.54 Å². The summed E-state index contributed by atoms with van der Waals surface area (Å²) in [5.41, 5.74) is 1.38. The highest BCUT2D eigenvalue weighted by molar-refractivity contribution is 5.54. The Morgan fingerprint density at radius 3 is 2.76 bits per heavy atom. The average molecular weight is 234 g/mol. The van der Waals surface area contributed by atoms with E-state index in [1.54, 1.807) is 7.11 Å². The van der Waals surface area contributed by atoms with Gasteiger partial charge in [0.05, 0.1) is 7.11 Å². The largest absolute Gasteiger partial charge is 0.497 e. The first kappa shape index (κ1) is 12.2. The number of nitrogens with one attached hydrogen (secondary N) is 1. The van der Waals surface area contributed by atoms with Crippen LogP contribution in [0.4, 0.5) is 5.69 Å². The van der Waals surface area contributed by atoms with Crippen molar-refractivity contribution in [2.24, 2.45) is 0 Å². The predicted molar refractivity (Wildman–Crippen MR) is 71.9 cm³/mol. The van der Waals surface area contributed by atoms with Crippen LogP contribution in [-0.4, -0.2) is 32.3 Å². The summed E-state index contributed by atoms with van der Waals surface area (Å²) in [7, 11) is 3.76. The highest BCUT2D eigenvalue weighted by atomic mass is 16.5. The van der Waals surface area contributed by atoms with Crippen molar-refractivity contribution in [2.45, 2.75) is 31.8 Å². The molecular formula is C14H22N2O. The number of nitrogens with zero attached hydrogens (tertiary/aromatic N) is 1. The maximum absolute atomic E-state index is 5.29. The molecule has 1 unspecified atom stereocenters. The van der Waals surface area contributed by atoms with Crippen LogP contribution >= 0.6 is 0 Å². The van der Waals surface area contributed by atoms with E-state index in [9.17, 15) is 0 Å². The molecule has 1 saturated heterocycles. The Morgan fingerprint density at radius 2 is 2.18 bits per heavy atom. The zero-order chi connectivity index (χ0) is 12.5. The molecule has 1 fully saturated rings. The van der Waals surface area contributed by atoms with Crippen LogP contribution in [0.1, 0.15) is 20.3 Å². The third-order valence-electron chi connectivity index (χ3n) is 3.90. The van der Waals surface area contributed by atoms with E-state index in [0.29, 0.717) is 6.04 Å². The number of rotatable bonds is 3. The molecule has 0 spiro atoms. The fourth-order valence-corrected chi connectivity index (χ4v) is 2.83. The second kappa shape index (κ2) is 4.57. The minimum Gasteiger partial charge on any atom is -0.497 e. The topological polar surface area (TPSA) is 24.5 Å². The maximum atomic E-state index is 5.29. The number of hydrogen-bond acceptors (Lipinski definition) is 3. The molecule has 3 nitrogen and oxygen atoms in total. The van der Waals surface area contributed by atoms with Crippen molar-refractivity contribution >= 4 is 5.69 Å². The molecule has 2 rings (SSSR count). The van der Waals surface area contributed by atoms with Crippen molar-refractivity contribution in [3.05, 3.63) is 24.3 Å². The Balaban J connectivity index is 2.28. The first-order chi connectivity index (χ1) is 8.09. The Labute approximate surface area is 104 Å². The lowest BCUT2D eigenvalue weighted by molar-refractivity contribution is 0.400. The van der Waals surface area contributed by atoms with Crippen LogP contribution in [0.3, 0.4) is 0 Å². The molecule has 1 aromatic rings. The van der Waals surface area contributed by atoms with Crippen LogP contribution in [0, 0.1) is 0 Å². The summed E-state index contributed by atoms with van der Waals surface area (Å²) in [6.45, 7) is 5.67. The van der Waals surface area contributed by atoms with Crippen LogP contribution in [-0.2, 0) is 0 Å². The van der Waals surface area contributed by atoms with E-state index < -0.39 is 0 Å². The maximum Gasteiger partial charge on any atom is 0.120 e. The van der Waals surface area contributed by atoms with Gasteiger partial charge in [0.25, 0.3) is 0 Å². The van der Waals surface area contributed by atoms with Crippen LogP contribution in [0.5, 0.6) is 5.75 Å². The van der Waals surface area contributed by atoms with Gasteiger partial charge in [-0.25, -0.2) is 0 Å². The summed E-state index contributed by atoms with van der Waals surface area (Å²) < 4.78 is 5.29. The van der Waals surface area contributed by atoms with Gasteiger partial charge in [0, 0.05) is 29.9 Å². The SMILES string of the molecule is CNC1CCN(c2cccc(OC)c2)C1(C)C. The number of benzene rings is 1. The van der Waals surface area contributed by atoms with E-state index >= 15 is 0 Å². The standard InChI is InChI=1S/C14H22N2O/c1-14(2)13(15-3)8-9-16(14)11-6-5-7-12(10-11)17-4/h5-7,10,13,15H,8-9H2,1-4H3. The van der Waals surface area contributed by atoms with Crippen molar-refractivity contribution in [2.75, 3.05) is 25.6 Å². The molecule has 1 heterocycles. The quantitative estimate of drug-likeness (QED) is 0.868. The summed E-state index contributed by atoms with van der Waals surface area (Å²) in [5.74, 6) is 0.922. The van der Waals surface area contributed by atoms with Gasteiger partial charge in [-0.1, -0.05) is 6.07 Å². The van der Waals surface area contributed by atoms with Gasteiger partial charge in [0.15, 0.2) is 0 Å². The van der Waals surface area contributed by atoms with E-state index in [0.717, 1.165) is 12.3 Å². The van der Waals surface area contributed by atoms with E-state index in [4.69, 9.17) is 4.74 Å². The number of ether oxygens (including phenoxy) is 1. The Kier molecular flexibility index (Phi) is 3.29. The lowest BCUT2D eigenvalue weighted by Crippen LogP contribution is -2.50. The van der Waals surface area contributed by atoms with Crippen LogP contribution in [0.2, 0.25) is 0 Å². The van der Waals surface area contributed by atoms with E-state index in [1.165, 1.54) is 12.1 Å². The van der Waals surface area contributed by atoms with Crippen molar-refractivity contribution in [1.82, 2.24) is 5.32 Å². The predicted octanol–water partition coefficient (Wildman–Crippen LogP) is 2.27. The van der Waals surface area contributed by atoms with Crippen molar-refractivity contribution in [3.63, 3.8) is 0 Å². The summed E-state index contributed by atoms with van der Waals surface area (Å²) in [4.78, 5) is 2.46. The van der Waals surface area contributed by atoms with Gasteiger partial charge in [0.1, 0.15) is 5.75 Å². The first-order valence-corrected chi connectivity index (χ1v) is 6.18. The molecule has 17 heavy (non-hydrogen) atoms. The van der Waals surface area contributed by atoms with E-state index in [1.807, 2.05) is 13.1 Å². The van der Waals surface area contributed by atoms with Crippen molar-refractivity contribution < 1.29 is 4.74 Å². The summed E-state index contributed by atoms with van der Waals surface area (Å²) in [6.07, 6.45) is 1.18. The van der Waals surface area contributed by atoms with Crippen LogP contribution < -0.4 is 15.0 Å². The third-order valence-corrected chi connectivity index (χ3v) is 3.90. The Bertz CT molecular complexity index is 390. The van der Waals surface area contributed by atoms with Gasteiger partial charge in [-0.2, -0.15) is 0 Å². The van der Waals surface area contributed by atoms with Crippen molar-refractivity contribution in [1.29, 1.82) is 0 Å². The van der Waals surface area contributed by atoms with Crippen LogP contribution in [0.15, 0.2) is 24.3 Å². The fraction of sp³-hybridized carbons (Fsp3) is 0.571. The first-order valence-electron chi connectivity index (χ1n) is 6.18. The summed E-state index contributed by atoms with van der Waals surface area (Å²) in [5, 5.41) is 3.41. The molecule has 0 amide bonds. The Morgan fingerprint density at radius 1 is 1.41 bits per heavy atom. The zero-order valence-electron chi connectivity index (χ0n) is 11.2. The molecule has 0 aromatic heterocycles. The molecule has 1 aliphatic heterocycles. The molecule has 0 bridgehead atoms. The molecule has 1 N–H and O–H groups in total. The molecular weight excluding hydrogens is 212 g/mol.